The van der Waals surface area contributed by atoms with Crippen molar-refractivity contribution < 1.29 is 0 Å². The highest BCUT2D eigenvalue weighted by atomic mass is 32.1. The van der Waals surface area contributed by atoms with E-state index in [2.05, 4.69) is 9.97 Å². The molecule has 0 saturated heterocycles. The number of pyridine rings is 1. The highest BCUT2D eigenvalue weighted by Gasteiger charge is 1.96. The molecule has 0 fully saturated rings. The molecular weight excluding hydrogens is 156 g/mol. The lowest BCUT2D eigenvalue weighted by molar-refractivity contribution is 1.33. The summed E-state index contributed by atoms with van der Waals surface area (Å²) in [5.74, 6) is 0. The maximum absolute atomic E-state index is 4.19. The van der Waals surface area contributed by atoms with Gasteiger partial charge >= 0.3 is 0 Å². The van der Waals surface area contributed by atoms with Crippen LogP contribution in [0, 0.1) is 0 Å². The standard InChI is InChI=1S/C8H6N2S/c1-2-4-10-7(3-1)8-5-9-6-11-8/h1-6H. The van der Waals surface area contributed by atoms with E-state index in [0.29, 0.717) is 0 Å². The lowest BCUT2D eigenvalue weighted by Gasteiger charge is -1.91. The van der Waals surface area contributed by atoms with Crippen molar-refractivity contribution in [1.29, 1.82) is 0 Å². The summed E-state index contributed by atoms with van der Waals surface area (Å²) < 4.78 is 0. The van der Waals surface area contributed by atoms with Crippen molar-refractivity contribution in [1.82, 2.24) is 9.97 Å². The fourth-order valence-electron chi connectivity index (χ4n) is 0.851. The van der Waals surface area contributed by atoms with Crippen molar-refractivity contribution in [2.24, 2.45) is 0 Å². The van der Waals surface area contributed by atoms with Crippen LogP contribution in [-0.2, 0) is 0 Å². The largest absolute Gasteiger partial charge is 0.255 e. The summed E-state index contributed by atoms with van der Waals surface area (Å²) in [7, 11) is 0. The summed E-state index contributed by atoms with van der Waals surface area (Å²) in [6.07, 6.45) is 3.61. The summed E-state index contributed by atoms with van der Waals surface area (Å²) in [4.78, 5) is 9.28. The Hall–Kier alpha value is -1.22. The number of hydrogen-bond acceptors (Lipinski definition) is 3. The molecule has 0 aromatic carbocycles. The molecular formula is C8H6N2S. The lowest BCUT2D eigenvalue weighted by Crippen LogP contribution is -1.75. The van der Waals surface area contributed by atoms with E-state index in [0.717, 1.165) is 10.6 Å². The van der Waals surface area contributed by atoms with Crippen LogP contribution < -0.4 is 0 Å². The first kappa shape index (κ1) is 6.49. The Balaban J connectivity index is 2.46. The van der Waals surface area contributed by atoms with Gasteiger partial charge in [-0.3, -0.25) is 9.97 Å². The summed E-state index contributed by atoms with van der Waals surface area (Å²) in [5, 5.41) is 0. The highest BCUT2D eigenvalue weighted by Crippen LogP contribution is 2.19. The average molecular weight is 162 g/mol. The maximum Gasteiger partial charge on any atom is 0.0817 e. The van der Waals surface area contributed by atoms with Crippen LogP contribution in [-0.4, -0.2) is 9.97 Å². The van der Waals surface area contributed by atoms with Crippen LogP contribution in [0.4, 0.5) is 0 Å². The smallest absolute Gasteiger partial charge is 0.0817 e. The van der Waals surface area contributed by atoms with Gasteiger partial charge in [0.2, 0.25) is 0 Å². The third-order valence-corrected chi connectivity index (χ3v) is 2.15. The molecule has 2 heterocycles. The minimum atomic E-state index is 0.995. The van der Waals surface area contributed by atoms with Crippen molar-refractivity contribution >= 4 is 11.3 Å². The Morgan fingerprint density at radius 2 is 2.27 bits per heavy atom. The molecule has 2 rings (SSSR count). The quantitative estimate of drug-likeness (QED) is 0.642. The Labute approximate surface area is 68.6 Å². The first-order valence-corrected chi connectivity index (χ1v) is 4.15. The molecule has 2 aromatic rings. The van der Waals surface area contributed by atoms with Crippen molar-refractivity contribution in [3.63, 3.8) is 0 Å². The van der Waals surface area contributed by atoms with Crippen molar-refractivity contribution in [3.05, 3.63) is 36.1 Å². The van der Waals surface area contributed by atoms with Gasteiger partial charge in [-0.2, -0.15) is 0 Å². The van der Waals surface area contributed by atoms with Gasteiger partial charge in [0, 0.05) is 12.4 Å². The normalized spacial score (nSPS) is 9.82. The van der Waals surface area contributed by atoms with Gasteiger partial charge in [0.05, 0.1) is 16.1 Å². The molecule has 0 amide bonds. The highest BCUT2D eigenvalue weighted by molar-refractivity contribution is 7.13. The molecule has 0 aliphatic heterocycles. The molecule has 0 aliphatic carbocycles. The Morgan fingerprint density at radius 1 is 1.27 bits per heavy atom. The van der Waals surface area contributed by atoms with E-state index < -0.39 is 0 Å². The van der Waals surface area contributed by atoms with E-state index in [4.69, 9.17) is 0 Å². The van der Waals surface area contributed by atoms with E-state index in [1.165, 1.54) is 0 Å². The van der Waals surface area contributed by atoms with Crippen molar-refractivity contribution in [2.45, 2.75) is 0 Å². The molecule has 2 nitrogen and oxygen atoms in total. The topological polar surface area (TPSA) is 25.8 Å². The fraction of sp³-hybridized carbons (Fsp3) is 0. The second-order valence-electron chi connectivity index (χ2n) is 2.08. The zero-order valence-corrected chi connectivity index (χ0v) is 6.58. The van der Waals surface area contributed by atoms with Crippen LogP contribution in [0.3, 0.4) is 0 Å². The van der Waals surface area contributed by atoms with Gasteiger partial charge in [-0.15, -0.1) is 11.3 Å². The number of hydrogen-bond donors (Lipinski definition) is 0. The van der Waals surface area contributed by atoms with E-state index in [-0.39, 0.29) is 0 Å². The van der Waals surface area contributed by atoms with E-state index in [9.17, 15) is 0 Å². The third-order valence-electron chi connectivity index (χ3n) is 1.35. The van der Waals surface area contributed by atoms with Gasteiger partial charge in [-0.05, 0) is 12.1 Å². The van der Waals surface area contributed by atoms with Crippen LogP contribution in [0.1, 0.15) is 0 Å². The zero-order valence-electron chi connectivity index (χ0n) is 5.77. The second kappa shape index (κ2) is 2.80. The van der Waals surface area contributed by atoms with E-state index in [1.807, 2.05) is 29.9 Å². The second-order valence-corrected chi connectivity index (χ2v) is 2.97. The molecule has 0 spiro atoms. The first-order valence-electron chi connectivity index (χ1n) is 3.27. The van der Waals surface area contributed by atoms with E-state index in [1.54, 1.807) is 17.5 Å². The molecule has 11 heavy (non-hydrogen) atoms. The Kier molecular flexibility index (Phi) is 1.65. The molecule has 0 radical (unpaired) electrons. The zero-order chi connectivity index (χ0) is 7.52. The monoisotopic (exact) mass is 162 g/mol. The fourth-order valence-corrected chi connectivity index (χ4v) is 1.45. The van der Waals surface area contributed by atoms with Crippen LogP contribution in [0.2, 0.25) is 0 Å². The minimum absolute atomic E-state index is 0.995. The summed E-state index contributed by atoms with van der Waals surface area (Å²) >= 11 is 1.60. The molecule has 0 saturated carbocycles. The minimum Gasteiger partial charge on any atom is -0.255 e. The Morgan fingerprint density at radius 3 is 2.91 bits per heavy atom. The maximum atomic E-state index is 4.19. The Bertz CT molecular complexity index is 315. The number of rotatable bonds is 1. The van der Waals surface area contributed by atoms with Gasteiger partial charge in [-0.1, -0.05) is 6.07 Å². The molecule has 2 aromatic heterocycles. The van der Waals surface area contributed by atoms with Crippen LogP contribution in [0.5, 0.6) is 0 Å². The molecule has 0 N–H and O–H groups in total. The third kappa shape index (κ3) is 1.28. The molecule has 0 aliphatic rings. The van der Waals surface area contributed by atoms with Gasteiger partial charge in [0.1, 0.15) is 0 Å². The van der Waals surface area contributed by atoms with Crippen LogP contribution >= 0.6 is 11.3 Å². The average Bonchev–Trinajstić information content (AvgIpc) is 2.58. The van der Waals surface area contributed by atoms with Gasteiger partial charge < -0.3 is 0 Å². The molecule has 3 heteroatoms. The predicted octanol–water partition coefficient (Wildman–Crippen LogP) is 2.21. The van der Waals surface area contributed by atoms with Crippen LogP contribution in [0.15, 0.2) is 36.1 Å². The predicted molar refractivity (Wildman–Crippen MR) is 45.3 cm³/mol. The SMILES string of the molecule is c1ccc(-c2cncs2)nc1. The molecule has 0 bridgehead atoms. The summed E-state index contributed by atoms with van der Waals surface area (Å²) in [6, 6.07) is 5.86. The summed E-state index contributed by atoms with van der Waals surface area (Å²) in [6.45, 7) is 0. The van der Waals surface area contributed by atoms with Crippen molar-refractivity contribution in [2.75, 3.05) is 0 Å². The van der Waals surface area contributed by atoms with Gasteiger partial charge in [0.15, 0.2) is 0 Å². The molecule has 0 unspecified atom stereocenters. The first-order chi connectivity index (χ1) is 5.47. The van der Waals surface area contributed by atoms with Gasteiger partial charge in [-0.25, -0.2) is 0 Å². The number of aromatic nitrogens is 2. The van der Waals surface area contributed by atoms with E-state index >= 15 is 0 Å². The van der Waals surface area contributed by atoms with Gasteiger partial charge in [0.25, 0.3) is 0 Å². The number of thiazole rings is 1. The molecule has 0 atom stereocenters. The van der Waals surface area contributed by atoms with Crippen LogP contribution in [0.25, 0.3) is 10.6 Å². The summed E-state index contributed by atoms with van der Waals surface area (Å²) in [5.41, 5.74) is 2.80. The lowest BCUT2D eigenvalue weighted by atomic mass is 10.3. The number of nitrogens with zero attached hydrogens (tertiary/aromatic N) is 2. The molecule has 54 valence electrons. The van der Waals surface area contributed by atoms with Crippen molar-refractivity contribution in [3.8, 4) is 10.6 Å².